The number of hydrogen-bond acceptors (Lipinski definition) is 2. The fraction of sp³-hybridized carbons (Fsp3) is 1.00. The Morgan fingerprint density at radius 3 is 1.47 bits per heavy atom. The van der Waals surface area contributed by atoms with Gasteiger partial charge in [0, 0.05) is 6.61 Å². The average molecular weight is 294 g/mol. The lowest BCUT2D eigenvalue weighted by molar-refractivity contribution is 0.0676. The predicted molar refractivity (Wildman–Crippen MR) is 87.9 cm³/mol. The van der Waals surface area contributed by atoms with Crippen LogP contribution in [-0.4, -0.2) is 12.8 Å². The number of halogens is 1. The second kappa shape index (κ2) is 18.2. The topological polar surface area (TPSA) is 35.2 Å². The zero-order valence-electron chi connectivity index (χ0n) is 13.2. The number of unbranched alkanes of at least 4 members (excludes halogenated alkanes) is 11. The number of hydrogen-bond donors (Lipinski definition) is 1. The van der Waals surface area contributed by atoms with Crippen LogP contribution in [0.15, 0.2) is 0 Å². The quantitative estimate of drug-likeness (QED) is 0.342. The zero-order chi connectivity index (χ0) is 13.5. The molecule has 19 heavy (non-hydrogen) atoms. The van der Waals surface area contributed by atoms with Gasteiger partial charge in [0.25, 0.3) is 0 Å². The molecule has 0 radical (unpaired) electrons. The molecule has 3 heteroatoms. The number of ether oxygens (including phenoxy) is 1. The predicted octanol–water partition coefficient (Wildman–Crippen LogP) is 5.43. The molecule has 118 valence electrons. The molecule has 0 aliphatic carbocycles. The molecule has 0 heterocycles. The molecule has 0 aromatic heterocycles. The molecule has 0 saturated carbocycles. The summed E-state index contributed by atoms with van der Waals surface area (Å²) in [5.74, 6) is 0. The number of rotatable bonds is 14. The Labute approximate surface area is 127 Å². The SMILES string of the molecule is CCCCCCCCCCCCCCOC(C)N.Cl. The molecular weight excluding hydrogens is 258 g/mol. The van der Waals surface area contributed by atoms with Crippen molar-refractivity contribution >= 4 is 12.4 Å². The highest BCUT2D eigenvalue weighted by molar-refractivity contribution is 5.85. The fourth-order valence-electron chi connectivity index (χ4n) is 2.21. The third-order valence-corrected chi connectivity index (χ3v) is 3.38. The first kappa shape index (κ1) is 21.5. The van der Waals surface area contributed by atoms with Gasteiger partial charge in [0.1, 0.15) is 6.23 Å². The first-order valence-electron chi connectivity index (χ1n) is 8.14. The zero-order valence-corrected chi connectivity index (χ0v) is 14.0. The third kappa shape index (κ3) is 20.7. The summed E-state index contributed by atoms with van der Waals surface area (Å²) >= 11 is 0. The Morgan fingerprint density at radius 2 is 1.11 bits per heavy atom. The van der Waals surface area contributed by atoms with E-state index in [1.807, 2.05) is 6.92 Å². The standard InChI is InChI=1S/C16H35NO.ClH/c1-3-4-5-6-7-8-9-10-11-12-13-14-15-18-16(2)17;/h16H,3-15,17H2,1-2H3;1H. The van der Waals surface area contributed by atoms with Gasteiger partial charge in [-0.25, -0.2) is 0 Å². The van der Waals surface area contributed by atoms with Gasteiger partial charge in [0.15, 0.2) is 0 Å². The average Bonchev–Trinajstić information content (AvgIpc) is 2.34. The van der Waals surface area contributed by atoms with Crippen LogP contribution < -0.4 is 5.73 Å². The lowest BCUT2D eigenvalue weighted by Crippen LogP contribution is -2.19. The monoisotopic (exact) mass is 293 g/mol. The van der Waals surface area contributed by atoms with E-state index < -0.39 is 0 Å². The molecule has 1 atom stereocenters. The minimum absolute atomic E-state index is 0. The Morgan fingerprint density at radius 1 is 0.737 bits per heavy atom. The largest absolute Gasteiger partial charge is 0.364 e. The van der Waals surface area contributed by atoms with Gasteiger partial charge in [-0.15, -0.1) is 12.4 Å². The van der Waals surface area contributed by atoms with Crippen LogP contribution in [0.25, 0.3) is 0 Å². The Balaban J connectivity index is 0. The van der Waals surface area contributed by atoms with E-state index in [2.05, 4.69) is 6.92 Å². The molecule has 0 aliphatic heterocycles. The van der Waals surface area contributed by atoms with Crippen LogP contribution in [0.3, 0.4) is 0 Å². The van der Waals surface area contributed by atoms with Gasteiger partial charge in [-0.1, -0.05) is 77.6 Å². The van der Waals surface area contributed by atoms with Crippen molar-refractivity contribution in [2.75, 3.05) is 6.61 Å². The summed E-state index contributed by atoms with van der Waals surface area (Å²) in [6.07, 6.45) is 16.5. The van der Waals surface area contributed by atoms with Crippen molar-refractivity contribution in [2.24, 2.45) is 5.73 Å². The van der Waals surface area contributed by atoms with Crippen molar-refractivity contribution in [3.63, 3.8) is 0 Å². The van der Waals surface area contributed by atoms with Gasteiger partial charge in [-0.3, -0.25) is 0 Å². The van der Waals surface area contributed by atoms with Crippen molar-refractivity contribution in [1.29, 1.82) is 0 Å². The van der Waals surface area contributed by atoms with E-state index in [1.165, 1.54) is 77.0 Å². The van der Waals surface area contributed by atoms with Crippen LogP contribution in [0.4, 0.5) is 0 Å². The summed E-state index contributed by atoms with van der Waals surface area (Å²) in [4.78, 5) is 0. The number of nitrogens with two attached hydrogens (primary N) is 1. The molecule has 1 unspecified atom stereocenters. The van der Waals surface area contributed by atoms with E-state index >= 15 is 0 Å². The minimum atomic E-state index is -0.0993. The molecule has 0 rings (SSSR count). The van der Waals surface area contributed by atoms with Crippen LogP contribution in [-0.2, 0) is 4.74 Å². The Bertz CT molecular complexity index is 154. The lowest BCUT2D eigenvalue weighted by atomic mass is 10.1. The van der Waals surface area contributed by atoms with Crippen LogP contribution in [0.2, 0.25) is 0 Å². The smallest absolute Gasteiger partial charge is 0.102 e. The summed E-state index contributed by atoms with van der Waals surface area (Å²) < 4.78 is 5.31. The van der Waals surface area contributed by atoms with Gasteiger partial charge in [-0.2, -0.15) is 0 Å². The minimum Gasteiger partial charge on any atom is -0.364 e. The highest BCUT2D eigenvalue weighted by atomic mass is 35.5. The van der Waals surface area contributed by atoms with Crippen molar-refractivity contribution in [3.05, 3.63) is 0 Å². The van der Waals surface area contributed by atoms with Crippen LogP contribution in [0.1, 0.15) is 90.9 Å². The third-order valence-electron chi connectivity index (χ3n) is 3.38. The van der Waals surface area contributed by atoms with E-state index in [-0.39, 0.29) is 18.6 Å². The summed E-state index contributed by atoms with van der Waals surface area (Å²) in [6.45, 7) is 4.99. The Hall–Kier alpha value is 0.210. The van der Waals surface area contributed by atoms with Crippen molar-refractivity contribution < 1.29 is 4.74 Å². The van der Waals surface area contributed by atoms with E-state index in [4.69, 9.17) is 10.5 Å². The normalized spacial score (nSPS) is 12.2. The molecule has 0 fully saturated rings. The van der Waals surface area contributed by atoms with Crippen molar-refractivity contribution in [3.8, 4) is 0 Å². The van der Waals surface area contributed by atoms with Crippen LogP contribution in [0.5, 0.6) is 0 Å². The summed E-state index contributed by atoms with van der Waals surface area (Å²) in [5.41, 5.74) is 5.51. The summed E-state index contributed by atoms with van der Waals surface area (Å²) in [5, 5.41) is 0. The molecular formula is C16H36ClNO. The van der Waals surface area contributed by atoms with Gasteiger partial charge in [0.2, 0.25) is 0 Å². The van der Waals surface area contributed by atoms with Crippen LogP contribution >= 0.6 is 12.4 Å². The van der Waals surface area contributed by atoms with Crippen molar-refractivity contribution in [2.45, 2.75) is 97.1 Å². The molecule has 2 N–H and O–H groups in total. The van der Waals surface area contributed by atoms with E-state index in [9.17, 15) is 0 Å². The molecule has 0 bridgehead atoms. The van der Waals surface area contributed by atoms with Crippen molar-refractivity contribution in [1.82, 2.24) is 0 Å². The highest BCUT2D eigenvalue weighted by Crippen LogP contribution is 2.11. The first-order chi connectivity index (χ1) is 8.77. The Kier molecular flexibility index (Phi) is 20.6. The van der Waals surface area contributed by atoms with Gasteiger partial charge >= 0.3 is 0 Å². The van der Waals surface area contributed by atoms with E-state index in [0.29, 0.717) is 0 Å². The molecule has 0 aliphatic rings. The first-order valence-corrected chi connectivity index (χ1v) is 8.14. The molecule has 0 aromatic rings. The van der Waals surface area contributed by atoms with Gasteiger partial charge in [0.05, 0.1) is 0 Å². The maximum Gasteiger partial charge on any atom is 0.102 e. The van der Waals surface area contributed by atoms with Gasteiger partial charge < -0.3 is 10.5 Å². The summed E-state index contributed by atoms with van der Waals surface area (Å²) in [7, 11) is 0. The maximum atomic E-state index is 5.51. The van der Waals surface area contributed by atoms with Gasteiger partial charge in [-0.05, 0) is 13.3 Å². The highest BCUT2D eigenvalue weighted by Gasteiger charge is 1.95. The molecule has 0 saturated heterocycles. The second-order valence-corrected chi connectivity index (χ2v) is 5.46. The maximum absolute atomic E-state index is 5.51. The second-order valence-electron chi connectivity index (χ2n) is 5.46. The molecule has 0 amide bonds. The van der Waals surface area contributed by atoms with E-state index in [1.54, 1.807) is 0 Å². The fourth-order valence-corrected chi connectivity index (χ4v) is 2.21. The summed E-state index contributed by atoms with van der Waals surface area (Å²) in [6, 6.07) is 0. The molecule has 2 nitrogen and oxygen atoms in total. The lowest BCUT2D eigenvalue weighted by Gasteiger charge is -2.06. The molecule has 0 spiro atoms. The van der Waals surface area contributed by atoms with Crippen LogP contribution in [0, 0.1) is 0 Å². The molecule has 0 aromatic carbocycles. The van der Waals surface area contributed by atoms with E-state index in [0.717, 1.165) is 6.61 Å².